The van der Waals surface area contributed by atoms with E-state index in [1.165, 1.54) is 6.39 Å². The van der Waals surface area contributed by atoms with Crippen molar-refractivity contribution in [2.45, 2.75) is 26.6 Å². The lowest BCUT2D eigenvalue weighted by Gasteiger charge is -2.24. The van der Waals surface area contributed by atoms with E-state index in [2.05, 4.69) is 10.2 Å². The minimum atomic E-state index is -0.917. The van der Waals surface area contributed by atoms with Gasteiger partial charge in [-0.2, -0.15) is 0 Å². The highest BCUT2D eigenvalue weighted by Gasteiger charge is 2.33. The van der Waals surface area contributed by atoms with Crippen molar-refractivity contribution < 1.29 is 13.9 Å². The predicted molar refractivity (Wildman–Crippen MR) is 44.9 cm³/mol. The molecule has 5 nitrogen and oxygen atoms in total. The zero-order chi connectivity index (χ0) is 9.73. The third-order valence-electron chi connectivity index (χ3n) is 1.59. The average molecular weight is 186 g/mol. The van der Waals surface area contributed by atoms with Crippen LogP contribution in [-0.2, 0) is 15.3 Å². The molecule has 1 rings (SSSR count). The Balaban J connectivity index is 2.78. The van der Waals surface area contributed by atoms with Crippen LogP contribution in [0, 0.1) is 0 Å². The number of ether oxygens (including phenoxy) is 2. The van der Waals surface area contributed by atoms with E-state index in [1.54, 1.807) is 6.92 Å². The van der Waals surface area contributed by atoms with E-state index in [1.807, 2.05) is 13.8 Å². The Hall–Kier alpha value is -0.940. The minimum absolute atomic E-state index is 0.344. The SMILES string of the molecule is CCOC(C)(OCC)c1nnco1. The van der Waals surface area contributed by atoms with Crippen molar-refractivity contribution in [2.75, 3.05) is 13.2 Å². The van der Waals surface area contributed by atoms with Gasteiger partial charge >= 0.3 is 0 Å². The van der Waals surface area contributed by atoms with Crippen molar-refractivity contribution in [3.05, 3.63) is 12.3 Å². The van der Waals surface area contributed by atoms with Gasteiger partial charge in [-0.25, -0.2) is 0 Å². The van der Waals surface area contributed by atoms with Crippen LogP contribution >= 0.6 is 0 Å². The number of hydrogen-bond donors (Lipinski definition) is 0. The summed E-state index contributed by atoms with van der Waals surface area (Å²) >= 11 is 0. The molecule has 0 radical (unpaired) electrons. The smallest absolute Gasteiger partial charge is 0.275 e. The maximum absolute atomic E-state index is 5.40. The summed E-state index contributed by atoms with van der Waals surface area (Å²) in [4.78, 5) is 0. The van der Waals surface area contributed by atoms with Crippen LogP contribution in [0.15, 0.2) is 10.8 Å². The Labute approximate surface area is 77.1 Å². The zero-order valence-electron chi connectivity index (χ0n) is 8.11. The Morgan fingerprint density at radius 1 is 1.38 bits per heavy atom. The van der Waals surface area contributed by atoms with Crippen LogP contribution < -0.4 is 0 Å². The van der Waals surface area contributed by atoms with Gasteiger partial charge < -0.3 is 13.9 Å². The van der Waals surface area contributed by atoms with E-state index < -0.39 is 5.79 Å². The first kappa shape index (κ1) is 10.1. The van der Waals surface area contributed by atoms with E-state index in [9.17, 15) is 0 Å². The Morgan fingerprint density at radius 3 is 2.38 bits per heavy atom. The molecule has 0 aliphatic heterocycles. The van der Waals surface area contributed by atoms with Gasteiger partial charge in [-0.3, -0.25) is 0 Å². The van der Waals surface area contributed by atoms with Gasteiger partial charge in [-0.1, -0.05) is 0 Å². The van der Waals surface area contributed by atoms with Crippen molar-refractivity contribution in [1.82, 2.24) is 10.2 Å². The molecule has 0 aromatic carbocycles. The second kappa shape index (κ2) is 4.34. The van der Waals surface area contributed by atoms with Crippen LogP contribution in [0.1, 0.15) is 26.7 Å². The van der Waals surface area contributed by atoms with E-state index in [-0.39, 0.29) is 0 Å². The standard InChI is InChI=1S/C8H14N2O3/c1-4-12-8(3,13-5-2)7-10-9-6-11-7/h6H,4-5H2,1-3H3. The van der Waals surface area contributed by atoms with Gasteiger partial charge in [0, 0.05) is 13.2 Å². The maximum Gasteiger partial charge on any atom is 0.275 e. The summed E-state index contributed by atoms with van der Waals surface area (Å²) in [7, 11) is 0. The van der Waals surface area contributed by atoms with Crippen molar-refractivity contribution in [3.63, 3.8) is 0 Å². The molecular formula is C8H14N2O3. The minimum Gasteiger partial charge on any atom is -0.423 e. The summed E-state index contributed by atoms with van der Waals surface area (Å²) < 4.78 is 15.8. The fourth-order valence-electron chi connectivity index (χ4n) is 1.09. The van der Waals surface area contributed by atoms with Crippen molar-refractivity contribution in [2.24, 2.45) is 0 Å². The summed E-state index contributed by atoms with van der Waals surface area (Å²) in [6, 6.07) is 0. The van der Waals surface area contributed by atoms with Crippen LogP contribution in [0.25, 0.3) is 0 Å². The van der Waals surface area contributed by atoms with E-state index in [0.717, 1.165) is 0 Å². The molecular weight excluding hydrogens is 172 g/mol. The Bertz CT molecular complexity index is 230. The van der Waals surface area contributed by atoms with Crippen LogP contribution in [0.5, 0.6) is 0 Å². The first-order chi connectivity index (χ1) is 6.23. The maximum atomic E-state index is 5.40. The molecule has 0 amide bonds. The summed E-state index contributed by atoms with van der Waals surface area (Å²) in [6.45, 7) is 6.58. The van der Waals surface area contributed by atoms with Gasteiger partial charge in [0.1, 0.15) is 0 Å². The molecule has 0 saturated carbocycles. The van der Waals surface area contributed by atoms with E-state index in [4.69, 9.17) is 13.9 Å². The van der Waals surface area contributed by atoms with Crippen molar-refractivity contribution in [3.8, 4) is 0 Å². The third-order valence-corrected chi connectivity index (χ3v) is 1.59. The van der Waals surface area contributed by atoms with E-state index in [0.29, 0.717) is 19.1 Å². The third kappa shape index (κ3) is 2.26. The van der Waals surface area contributed by atoms with Gasteiger partial charge in [-0.05, 0) is 20.8 Å². The molecule has 13 heavy (non-hydrogen) atoms. The van der Waals surface area contributed by atoms with Gasteiger partial charge in [-0.15, -0.1) is 10.2 Å². The van der Waals surface area contributed by atoms with Gasteiger partial charge in [0.25, 0.3) is 5.89 Å². The molecule has 0 unspecified atom stereocenters. The average Bonchev–Trinajstić information content (AvgIpc) is 2.57. The quantitative estimate of drug-likeness (QED) is 0.649. The number of rotatable bonds is 5. The highest BCUT2D eigenvalue weighted by molar-refractivity contribution is 4.86. The molecule has 0 atom stereocenters. The Morgan fingerprint density at radius 2 is 2.00 bits per heavy atom. The van der Waals surface area contributed by atoms with Crippen molar-refractivity contribution in [1.29, 1.82) is 0 Å². The second-order valence-corrected chi connectivity index (χ2v) is 2.56. The monoisotopic (exact) mass is 186 g/mol. The van der Waals surface area contributed by atoms with Crippen molar-refractivity contribution >= 4 is 0 Å². The van der Waals surface area contributed by atoms with Crippen LogP contribution in [0.4, 0.5) is 0 Å². The molecule has 0 spiro atoms. The molecule has 0 N–H and O–H groups in total. The Kier molecular flexibility index (Phi) is 3.39. The molecule has 0 aliphatic carbocycles. The largest absolute Gasteiger partial charge is 0.423 e. The molecule has 0 aliphatic rings. The summed E-state index contributed by atoms with van der Waals surface area (Å²) in [5.41, 5.74) is 0. The lowest BCUT2D eigenvalue weighted by molar-refractivity contribution is -0.242. The predicted octanol–water partition coefficient (Wildman–Crippen LogP) is 1.32. The lowest BCUT2D eigenvalue weighted by atomic mass is 10.3. The first-order valence-electron chi connectivity index (χ1n) is 4.27. The number of nitrogens with zero attached hydrogens (tertiary/aromatic N) is 2. The van der Waals surface area contributed by atoms with Crippen LogP contribution in [0.2, 0.25) is 0 Å². The van der Waals surface area contributed by atoms with E-state index >= 15 is 0 Å². The van der Waals surface area contributed by atoms with Gasteiger partial charge in [0.2, 0.25) is 12.2 Å². The fraction of sp³-hybridized carbons (Fsp3) is 0.750. The molecule has 1 aromatic rings. The molecule has 0 fully saturated rings. The topological polar surface area (TPSA) is 57.4 Å². The lowest BCUT2D eigenvalue weighted by Crippen LogP contribution is -2.30. The summed E-state index contributed by atoms with van der Waals surface area (Å²) in [5, 5.41) is 7.34. The summed E-state index contributed by atoms with van der Waals surface area (Å²) in [6.07, 6.45) is 1.26. The number of aromatic nitrogens is 2. The molecule has 0 saturated heterocycles. The van der Waals surface area contributed by atoms with Gasteiger partial charge in [0.15, 0.2) is 0 Å². The zero-order valence-corrected chi connectivity index (χ0v) is 8.11. The fourth-order valence-corrected chi connectivity index (χ4v) is 1.09. The molecule has 1 heterocycles. The molecule has 0 bridgehead atoms. The van der Waals surface area contributed by atoms with Crippen LogP contribution in [0.3, 0.4) is 0 Å². The number of hydrogen-bond acceptors (Lipinski definition) is 5. The normalized spacial score (nSPS) is 11.9. The highest BCUT2D eigenvalue weighted by Crippen LogP contribution is 2.24. The summed E-state index contributed by atoms with van der Waals surface area (Å²) in [5.74, 6) is -0.573. The van der Waals surface area contributed by atoms with Crippen LogP contribution in [-0.4, -0.2) is 23.4 Å². The molecule has 5 heteroatoms. The molecule has 1 aromatic heterocycles. The molecule has 74 valence electrons. The second-order valence-electron chi connectivity index (χ2n) is 2.56. The first-order valence-corrected chi connectivity index (χ1v) is 4.27. The highest BCUT2D eigenvalue weighted by atomic mass is 16.7. The van der Waals surface area contributed by atoms with Gasteiger partial charge in [0.05, 0.1) is 0 Å².